The molecule has 0 saturated carbocycles. The average Bonchev–Trinajstić information content (AvgIpc) is 2.95. The Hall–Kier alpha value is -2.17. The van der Waals surface area contributed by atoms with Gasteiger partial charge in [-0.25, -0.2) is 4.98 Å². The lowest BCUT2D eigenvalue weighted by Gasteiger charge is -2.08. The van der Waals surface area contributed by atoms with E-state index >= 15 is 0 Å². The molecule has 1 aromatic heterocycles. The van der Waals surface area contributed by atoms with Crippen molar-refractivity contribution in [2.45, 2.75) is 6.92 Å². The molecule has 0 fully saturated rings. The van der Waals surface area contributed by atoms with Gasteiger partial charge in [-0.05, 0) is 37.3 Å². The molecule has 0 aliphatic rings. The minimum atomic E-state index is 0.566. The van der Waals surface area contributed by atoms with E-state index in [1.54, 1.807) is 26.4 Å². The molecule has 1 heterocycles. The highest BCUT2D eigenvalue weighted by atomic mass is 35.5. The number of ether oxygens (including phenoxy) is 2. The van der Waals surface area contributed by atoms with Crippen LogP contribution in [0.4, 0.5) is 0 Å². The summed E-state index contributed by atoms with van der Waals surface area (Å²) in [6, 6.07) is 11.0. The molecule has 0 amide bonds. The number of aryl methyl sites for hydroxylation is 1. The summed E-state index contributed by atoms with van der Waals surface area (Å²) in [7, 11) is 3.20. The van der Waals surface area contributed by atoms with Gasteiger partial charge in [-0.1, -0.05) is 29.3 Å². The van der Waals surface area contributed by atoms with E-state index < -0.39 is 0 Å². The van der Waals surface area contributed by atoms with Crippen LogP contribution in [-0.4, -0.2) is 24.2 Å². The van der Waals surface area contributed by atoms with E-state index in [9.17, 15) is 0 Å². The van der Waals surface area contributed by atoms with Crippen molar-refractivity contribution in [3.63, 3.8) is 0 Å². The molecule has 0 aliphatic carbocycles. The fourth-order valence-corrected chi connectivity index (χ4v) is 3.12. The number of benzene rings is 2. The zero-order valence-electron chi connectivity index (χ0n) is 13.5. The Morgan fingerprint density at radius 1 is 0.958 bits per heavy atom. The quantitative estimate of drug-likeness (QED) is 0.677. The molecule has 124 valence electrons. The van der Waals surface area contributed by atoms with Gasteiger partial charge in [0.25, 0.3) is 0 Å². The second-order valence-electron chi connectivity index (χ2n) is 5.23. The van der Waals surface area contributed by atoms with Gasteiger partial charge < -0.3 is 14.5 Å². The van der Waals surface area contributed by atoms with Crippen LogP contribution in [0.2, 0.25) is 10.0 Å². The zero-order valence-corrected chi connectivity index (χ0v) is 15.0. The molecule has 0 spiro atoms. The molecule has 3 rings (SSSR count). The summed E-state index contributed by atoms with van der Waals surface area (Å²) in [5.41, 5.74) is 3.22. The Balaban J connectivity index is 2.10. The van der Waals surface area contributed by atoms with Crippen molar-refractivity contribution in [2.24, 2.45) is 0 Å². The van der Waals surface area contributed by atoms with Crippen molar-refractivity contribution in [1.29, 1.82) is 0 Å². The third kappa shape index (κ3) is 2.95. The predicted octanol–water partition coefficient (Wildman–Crippen LogP) is 5.38. The van der Waals surface area contributed by atoms with Crippen LogP contribution in [0.15, 0.2) is 36.4 Å². The van der Waals surface area contributed by atoms with Crippen molar-refractivity contribution in [1.82, 2.24) is 9.97 Å². The van der Waals surface area contributed by atoms with E-state index in [2.05, 4.69) is 9.97 Å². The summed E-state index contributed by atoms with van der Waals surface area (Å²) in [5, 5.41) is 1.13. The summed E-state index contributed by atoms with van der Waals surface area (Å²) in [6.45, 7) is 1.94. The second kappa shape index (κ2) is 6.75. The first-order valence-corrected chi connectivity index (χ1v) is 8.04. The highest BCUT2D eigenvalue weighted by Crippen LogP contribution is 2.37. The number of methoxy groups -OCH3 is 2. The molecule has 0 bridgehead atoms. The number of imidazole rings is 1. The average molecular weight is 363 g/mol. The molecule has 1 N–H and O–H groups in total. The van der Waals surface area contributed by atoms with Crippen molar-refractivity contribution in [3.8, 4) is 34.1 Å². The van der Waals surface area contributed by atoms with E-state index in [4.69, 9.17) is 32.7 Å². The van der Waals surface area contributed by atoms with Crippen LogP contribution < -0.4 is 9.47 Å². The SMILES string of the molecule is COc1ccc(-c2nc(-c3c(Cl)cccc3Cl)c(C)[nH]2)cc1OC. The first-order valence-electron chi connectivity index (χ1n) is 7.28. The second-order valence-corrected chi connectivity index (χ2v) is 6.04. The van der Waals surface area contributed by atoms with Gasteiger partial charge in [0.1, 0.15) is 5.82 Å². The van der Waals surface area contributed by atoms with E-state index in [1.807, 2.05) is 31.2 Å². The number of nitrogens with zero attached hydrogens (tertiary/aromatic N) is 1. The molecule has 3 aromatic rings. The van der Waals surface area contributed by atoms with E-state index in [0.29, 0.717) is 27.4 Å². The Bertz CT molecular complexity index is 870. The molecule has 4 nitrogen and oxygen atoms in total. The number of H-pyrrole nitrogens is 1. The number of hydrogen-bond donors (Lipinski definition) is 1. The highest BCUT2D eigenvalue weighted by molar-refractivity contribution is 6.39. The standard InChI is InChI=1S/C18H16Cl2N2O2/c1-10-17(16-12(19)5-4-6-13(16)20)22-18(21-10)11-7-8-14(23-2)15(9-11)24-3/h4-9H,1-3H3,(H,21,22). The van der Waals surface area contributed by atoms with Crippen LogP contribution in [-0.2, 0) is 0 Å². The first-order chi connectivity index (χ1) is 11.5. The van der Waals surface area contributed by atoms with E-state index in [-0.39, 0.29) is 0 Å². The Morgan fingerprint density at radius 2 is 1.62 bits per heavy atom. The predicted molar refractivity (Wildman–Crippen MR) is 97.3 cm³/mol. The van der Waals surface area contributed by atoms with Gasteiger partial charge in [0, 0.05) is 16.8 Å². The minimum Gasteiger partial charge on any atom is -0.493 e. The smallest absolute Gasteiger partial charge is 0.161 e. The van der Waals surface area contributed by atoms with Crippen molar-refractivity contribution >= 4 is 23.2 Å². The zero-order chi connectivity index (χ0) is 17.3. The third-order valence-corrected chi connectivity index (χ3v) is 4.37. The lowest BCUT2D eigenvalue weighted by Crippen LogP contribution is -1.91. The maximum absolute atomic E-state index is 6.30. The van der Waals surface area contributed by atoms with Crippen LogP contribution >= 0.6 is 23.2 Å². The van der Waals surface area contributed by atoms with Gasteiger partial charge in [-0.2, -0.15) is 0 Å². The molecule has 0 aliphatic heterocycles. The number of rotatable bonds is 4. The molecule has 0 radical (unpaired) electrons. The van der Waals surface area contributed by atoms with Gasteiger partial charge in [-0.15, -0.1) is 0 Å². The summed E-state index contributed by atoms with van der Waals surface area (Å²) in [4.78, 5) is 7.96. The third-order valence-electron chi connectivity index (χ3n) is 3.74. The van der Waals surface area contributed by atoms with Crippen LogP contribution in [0.3, 0.4) is 0 Å². The molecular formula is C18H16Cl2N2O2. The monoisotopic (exact) mass is 362 g/mol. The normalized spacial score (nSPS) is 10.7. The molecule has 6 heteroatoms. The summed E-state index contributed by atoms with van der Waals surface area (Å²) in [6.07, 6.45) is 0. The van der Waals surface area contributed by atoms with Crippen LogP contribution in [0, 0.1) is 6.92 Å². The number of halogens is 2. The molecule has 2 aromatic carbocycles. The summed E-state index contributed by atoms with van der Waals surface area (Å²) in [5.74, 6) is 2.01. The number of aromatic nitrogens is 2. The van der Waals surface area contributed by atoms with Gasteiger partial charge in [-0.3, -0.25) is 0 Å². The Kier molecular flexibility index (Phi) is 4.69. The van der Waals surface area contributed by atoms with Crippen LogP contribution in [0.1, 0.15) is 5.69 Å². The Labute approximate surface area is 150 Å². The highest BCUT2D eigenvalue weighted by Gasteiger charge is 2.17. The van der Waals surface area contributed by atoms with Crippen molar-refractivity contribution in [2.75, 3.05) is 14.2 Å². The van der Waals surface area contributed by atoms with Gasteiger partial charge >= 0.3 is 0 Å². The maximum atomic E-state index is 6.30. The lowest BCUT2D eigenvalue weighted by molar-refractivity contribution is 0.355. The molecule has 0 unspecified atom stereocenters. The molecule has 0 saturated heterocycles. The van der Waals surface area contributed by atoms with Crippen molar-refractivity contribution < 1.29 is 9.47 Å². The minimum absolute atomic E-state index is 0.566. The Morgan fingerprint density at radius 3 is 2.25 bits per heavy atom. The fraction of sp³-hybridized carbons (Fsp3) is 0.167. The topological polar surface area (TPSA) is 47.1 Å². The number of nitrogens with one attached hydrogen (secondary N) is 1. The number of hydrogen-bond acceptors (Lipinski definition) is 3. The van der Waals surface area contributed by atoms with Gasteiger partial charge in [0.05, 0.1) is 30.0 Å². The van der Waals surface area contributed by atoms with Gasteiger partial charge in [0.2, 0.25) is 0 Å². The van der Waals surface area contributed by atoms with E-state index in [1.165, 1.54) is 0 Å². The van der Waals surface area contributed by atoms with Crippen LogP contribution in [0.25, 0.3) is 22.6 Å². The molecule has 0 atom stereocenters. The summed E-state index contributed by atoms with van der Waals surface area (Å²) >= 11 is 12.6. The van der Waals surface area contributed by atoms with E-state index in [0.717, 1.165) is 22.5 Å². The fourth-order valence-electron chi connectivity index (χ4n) is 2.55. The first kappa shape index (κ1) is 16.7. The molecular weight excluding hydrogens is 347 g/mol. The number of aromatic amines is 1. The van der Waals surface area contributed by atoms with Crippen LogP contribution in [0.5, 0.6) is 11.5 Å². The summed E-state index contributed by atoms with van der Waals surface area (Å²) < 4.78 is 10.6. The van der Waals surface area contributed by atoms with Crippen molar-refractivity contribution in [3.05, 3.63) is 52.1 Å². The largest absolute Gasteiger partial charge is 0.493 e. The molecule has 24 heavy (non-hydrogen) atoms. The lowest BCUT2D eigenvalue weighted by atomic mass is 10.1. The maximum Gasteiger partial charge on any atom is 0.161 e. The van der Waals surface area contributed by atoms with Gasteiger partial charge in [0.15, 0.2) is 11.5 Å².